The molecule has 0 unspecified atom stereocenters. The van der Waals surface area contributed by atoms with Crippen molar-refractivity contribution >= 4 is 0 Å². The first-order valence-corrected chi connectivity index (χ1v) is 11.8. The van der Waals surface area contributed by atoms with Crippen LogP contribution in [0.25, 0.3) is 11.1 Å². The number of hydrogen-bond acceptors (Lipinski definition) is 7. The van der Waals surface area contributed by atoms with Crippen LogP contribution in [0.2, 0.25) is 0 Å². The lowest BCUT2D eigenvalue weighted by atomic mass is 9.76. The molecule has 0 radical (unpaired) electrons. The Balaban J connectivity index is 1.51. The molecule has 1 aliphatic carbocycles. The van der Waals surface area contributed by atoms with E-state index in [1.165, 1.54) is 5.56 Å². The number of phenols is 1. The number of rotatable bonds is 8. The molecule has 3 aromatic rings. The average Bonchev–Trinajstić information content (AvgIpc) is 2.90. The zero-order valence-corrected chi connectivity index (χ0v) is 20.6. The number of aromatic hydroxyl groups is 1. The number of fused-ring (bicyclic) bond motifs is 2. The van der Waals surface area contributed by atoms with Crippen LogP contribution in [0.15, 0.2) is 42.5 Å². The summed E-state index contributed by atoms with van der Waals surface area (Å²) in [5, 5.41) is 11.2. The standard InChI is InChI=1S/C28H31NO6/c1-31-21-7-5-6-8-22(21)35-12-11-29-10-9-17-14-25(34-4)28(30)27-19-16-24(33-3)23(32-2)15-18(19)13-20(29)26(17)27/h5-8,14-16,20,30H,9-13H2,1-4H3/t20-/m0/s1. The number of methoxy groups -OCH3 is 4. The minimum absolute atomic E-state index is 0.109. The van der Waals surface area contributed by atoms with Crippen molar-refractivity contribution in [3.63, 3.8) is 0 Å². The van der Waals surface area contributed by atoms with Gasteiger partial charge in [-0.15, -0.1) is 0 Å². The third-order valence-corrected chi connectivity index (χ3v) is 7.05. The number of para-hydroxylation sites is 2. The largest absolute Gasteiger partial charge is 0.504 e. The highest BCUT2D eigenvalue weighted by atomic mass is 16.5. The fourth-order valence-corrected chi connectivity index (χ4v) is 5.37. The van der Waals surface area contributed by atoms with Gasteiger partial charge in [-0.1, -0.05) is 12.1 Å². The van der Waals surface area contributed by atoms with E-state index in [1.807, 2.05) is 42.5 Å². The lowest BCUT2D eigenvalue weighted by molar-refractivity contribution is 0.146. The van der Waals surface area contributed by atoms with E-state index in [2.05, 4.69) is 4.90 Å². The smallest absolute Gasteiger partial charge is 0.166 e. The Kier molecular flexibility index (Phi) is 6.34. The summed E-state index contributed by atoms with van der Waals surface area (Å²) >= 11 is 0. The SMILES string of the molecule is COc1cc2c(cc1OC)-c1c(O)c(OC)cc3c1[C@H](C2)N(CCOc1ccccc1OC)CC3. The molecule has 5 rings (SSSR count). The van der Waals surface area contributed by atoms with Crippen LogP contribution >= 0.6 is 0 Å². The van der Waals surface area contributed by atoms with E-state index in [9.17, 15) is 5.11 Å². The first-order valence-electron chi connectivity index (χ1n) is 11.8. The summed E-state index contributed by atoms with van der Waals surface area (Å²) in [4.78, 5) is 2.44. The van der Waals surface area contributed by atoms with Gasteiger partial charge >= 0.3 is 0 Å². The Hall–Kier alpha value is -3.58. The van der Waals surface area contributed by atoms with Gasteiger partial charge in [0.2, 0.25) is 0 Å². The summed E-state index contributed by atoms with van der Waals surface area (Å²) in [6, 6.07) is 13.8. The van der Waals surface area contributed by atoms with Crippen LogP contribution < -0.4 is 23.7 Å². The third kappa shape index (κ3) is 4.00. The molecule has 35 heavy (non-hydrogen) atoms. The second-order valence-electron chi connectivity index (χ2n) is 8.74. The van der Waals surface area contributed by atoms with Crippen molar-refractivity contribution in [2.24, 2.45) is 0 Å². The molecule has 7 heteroatoms. The van der Waals surface area contributed by atoms with E-state index in [-0.39, 0.29) is 11.8 Å². The molecule has 2 aliphatic rings. The van der Waals surface area contributed by atoms with Crippen molar-refractivity contribution in [2.75, 3.05) is 48.1 Å². The van der Waals surface area contributed by atoms with Crippen LogP contribution in [-0.4, -0.2) is 58.1 Å². The summed E-state index contributed by atoms with van der Waals surface area (Å²) in [6.07, 6.45) is 1.67. The Morgan fingerprint density at radius 3 is 2.20 bits per heavy atom. The van der Waals surface area contributed by atoms with Crippen molar-refractivity contribution in [3.8, 4) is 45.6 Å². The van der Waals surface area contributed by atoms with Crippen molar-refractivity contribution in [2.45, 2.75) is 18.9 Å². The maximum Gasteiger partial charge on any atom is 0.166 e. The summed E-state index contributed by atoms with van der Waals surface area (Å²) in [5.74, 6) is 3.44. The average molecular weight is 478 g/mol. The van der Waals surface area contributed by atoms with Gasteiger partial charge in [0, 0.05) is 24.7 Å². The van der Waals surface area contributed by atoms with Crippen molar-refractivity contribution in [3.05, 3.63) is 59.2 Å². The molecule has 184 valence electrons. The quantitative estimate of drug-likeness (QED) is 0.507. The molecule has 7 nitrogen and oxygen atoms in total. The molecule has 3 aromatic carbocycles. The molecule has 0 amide bonds. The lowest BCUT2D eigenvalue weighted by Crippen LogP contribution is -2.40. The topological polar surface area (TPSA) is 69.6 Å². The van der Waals surface area contributed by atoms with Crippen molar-refractivity contribution in [1.29, 1.82) is 0 Å². The number of ether oxygens (including phenoxy) is 5. The number of hydrogen-bond donors (Lipinski definition) is 1. The minimum atomic E-state index is 0.109. The van der Waals surface area contributed by atoms with E-state index in [1.54, 1.807) is 28.4 Å². The molecule has 0 saturated heterocycles. The van der Waals surface area contributed by atoms with Gasteiger partial charge in [-0.25, -0.2) is 0 Å². The first-order chi connectivity index (χ1) is 17.1. The van der Waals surface area contributed by atoms with Gasteiger partial charge in [-0.2, -0.15) is 0 Å². The van der Waals surface area contributed by atoms with E-state index in [0.717, 1.165) is 59.7 Å². The van der Waals surface area contributed by atoms with Gasteiger partial charge in [0.25, 0.3) is 0 Å². The summed E-state index contributed by atoms with van der Waals surface area (Å²) in [5.41, 5.74) is 5.25. The van der Waals surface area contributed by atoms with E-state index in [4.69, 9.17) is 23.7 Å². The maximum atomic E-state index is 11.2. The normalized spacial score (nSPS) is 16.2. The Labute approximate surface area is 205 Å². The number of benzene rings is 3. The van der Waals surface area contributed by atoms with Gasteiger partial charge in [-0.3, -0.25) is 4.90 Å². The Morgan fingerprint density at radius 1 is 0.829 bits per heavy atom. The summed E-state index contributed by atoms with van der Waals surface area (Å²) in [7, 11) is 6.51. The van der Waals surface area contributed by atoms with Crippen LogP contribution in [0.5, 0.6) is 34.5 Å². The molecule has 0 bridgehead atoms. The zero-order valence-electron chi connectivity index (χ0n) is 20.6. The lowest BCUT2D eigenvalue weighted by Gasteiger charge is -2.42. The van der Waals surface area contributed by atoms with Crippen LogP contribution in [0.1, 0.15) is 22.7 Å². The minimum Gasteiger partial charge on any atom is -0.504 e. The highest BCUT2D eigenvalue weighted by Gasteiger charge is 2.37. The fraction of sp³-hybridized carbons (Fsp3) is 0.357. The fourth-order valence-electron chi connectivity index (χ4n) is 5.37. The molecule has 0 saturated carbocycles. The van der Waals surface area contributed by atoms with Gasteiger partial charge < -0.3 is 28.8 Å². The van der Waals surface area contributed by atoms with Gasteiger partial charge in [0.1, 0.15) is 6.61 Å². The molecular weight excluding hydrogens is 446 g/mol. The molecule has 0 aromatic heterocycles. The number of nitrogens with zero attached hydrogens (tertiary/aromatic N) is 1. The Bertz CT molecular complexity index is 1240. The van der Waals surface area contributed by atoms with Crippen molar-refractivity contribution < 1.29 is 28.8 Å². The summed E-state index contributed by atoms with van der Waals surface area (Å²) < 4.78 is 28.2. The van der Waals surface area contributed by atoms with Gasteiger partial charge in [0.05, 0.1) is 28.4 Å². The predicted molar refractivity (Wildman–Crippen MR) is 133 cm³/mol. The van der Waals surface area contributed by atoms with Crippen LogP contribution in [0.4, 0.5) is 0 Å². The van der Waals surface area contributed by atoms with Gasteiger partial charge in [-0.05, 0) is 65.4 Å². The molecule has 1 heterocycles. The van der Waals surface area contributed by atoms with Crippen molar-refractivity contribution in [1.82, 2.24) is 4.90 Å². The monoisotopic (exact) mass is 477 g/mol. The highest BCUT2D eigenvalue weighted by Crippen LogP contribution is 2.53. The molecule has 0 spiro atoms. The van der Waals surface area contributed by atoms with Crippen LogP contribution in [0.3, 0.4) is 0 Å². The zero-order chi connectivity index (χ0) is 24.5. The van der Waals surface area contributed by atoms with Crippen LogP contribution in [0, 0.1) is 0 Å². The predicted octanol–water partition coefficient (Wildman–Crippen LogP) is 4.63. The molecule has 1 aliphatic heterocycles. The first kappa shape index (κ1) is 23.2. The summed E-state index contributed by atoms with van der Waals surface area (Å²) in [6.45, 7) is 2.17. The maximum absolute atomic E-state index is 11.2. The molecular formula is C28H31NO6. The van der Waals surface area contributed by atoms with Gasteiger partial charge in [0.15, 0.2) is 34.5 Å². The van der Waals surface area contributed by atoms with E-state index < -0.39 is 0 Å². The third-order valence-electron chi connectivity index (χ3n) is 7.05. The molecule has 1 N–H and O–H groups in total. The molecule has 0 fully saturated rings. The number of phenolic OH excluding ortho intramolecular Hbond substituents is 1. The second kappa shape index (κ2) is 9.58. The van der Waals surface area contributed by atoms with E-state index >= 15 is 0 Å². The van der Waals surface area contributed by atoms with E-state index in [0.29, 0.717) is 23.9 Å². The molecule has 1 atom stereocenters. The van der Waals surface area contributed by atoms with Crippen LogP contribution in [-0.2, 0) is 12.8 Å². The Morgan fingerprint density at radius 2 is 1.49 bits per heavy atom. The highest BCUT2D eigenvalue weighted by molar-refractivity contribution is 5.84. The second-order valence-corrected chi connectivity index (χ2v) is 8.74.